The van der Waals surface area contributed by atoms with E-state index in [0.717, 1.165) is 32.7 Å². The van der Waals surface area contributed by atoms with Gasteiger partial charge in [0.15, 0.2) is 0 Å². The predicted molar refractivity (Wildman–Crippen MR) is 73.8 cm³/mol. The van der Waals surface area contributed by atoms with Crippen molar-refractivity contribution in [3.63, 3.8) is 0 Å². The van der Waals surface area contributed by atoms with E-state index in [0.29, 0.717) is 13.5 Å². The van der Waals surface area contributed by atoms with E-state index in [1.807, 2.05) is 0 Å². The molecule has 0 N–H and O–H groups in total. The fourth-order valence-electron chi connectivity index (χ4n) is 1.75. The summed E-state index contributed by atoms with van der Waals surface area (Å²) in [5.41, 5.74) is 0. The molecule has 106 valence electrons. The summed E-state index contributed by atoms with van der Waals surface area (Å²) in [4.78, 5) is 4.32. The second-order valence-electron chi connectivity index (χ2n) is 4.75. The van der Waals surface area contributed by atoms with Gasteiger partial charge in [-0.05, 0) is 12.8 Å². The highest BCUT2D eigenvalue weighted by atomic mass is 16.5. The van der Waals surface area contributed by atoms with Crippen LogP contribution in [-0.2, 0) is 9.47 Å². The van der Waals surface area contributed by atoms with Crippen molar-refractivity contribution in [3.05, 3.63) is 12.4 Å². The zero-order chi connectivity index (χ0) is 13.1. The summed E-state index contributed by atoms with van der Waals surface area (Å²) in [7, 11) is 0. The van der Waals surface area contributed by atoms with Gasteiger partial charge < -0.3 is 19.3 Å². The maximum atomic E-state index is 5.62. The Kier molecular flexibility index (Phi) is 8.69. The van der Waals surface area contributed by atoms with Crippen LogP contribution >= 0.6 is 0 Å². The van der Waals surface area contributed by atoms with Gasteiger partial charge in [-0.1, -0.05) is 33.1 Å². The first-order valence-corrected chi connectivity index (χ1v) is 7.18. The summed E-state index contributed by atoms with van der Waals surface area (Å²) in [6.07, 6.45) is 10.1. The van der Waals surface area contributed by atoms with Gasteiger partial charge in [0.25, 0.3) is 0 Å². The fraction of sp³-hybridized carbons (Fsp3) is 0.857. The molecule has 0 unspecified atom stereocenters. The Morgan fingerprint density at radius 1 is 0.833 bits per heavy atom. The van der Waals surface area contributed by atoms with Crippen LogP contribution in [0.3, 0.4) is 0 Å². The SMILES string of the molecule is CCCCCOCN1C=CN(COCCCC)C1. The standard InChI is InChI=1S/C14H28N2O2/c1-3-5-7-11-18-14-16-9-8-15(12-16)13-17-10-6-4-2/h8-9H,3-7,10-14H2,1-2H3. The third kappa shape index (κ3) is 6.87. The molecule has 0 aromatic carbocycles. The molecular formula is C14H28N2O2. The van der Waals surface area contributed by atoms with Crippen LogP contribution in [0, 0.1) is 0 Å². The second kappa shape index (κ2) is 10.2. The molecule has 0 saturated carbocycles. The normalized spacial score (nSPS) is 14.8. The van der Waals surface area contributed by atoms with E-state index in [1.54, 1.807) is 0 Å². The molecule has 0 radical (unpaired) electrons. The molecule has 1 heterocycles. The van der Waals surface area contributed by atoms with Crippen molar-refractivity contribution in [2.45, 2.75) is 46.0 Å². The van der Waals surface area contributed by atoms with E-state index in [-0.39, 0.29) is 0 Å². The third-order valence-electron chi connectivity index (χ3n) is 2.90. The van der Waals surface area contributed by atoms with Crippen molar-refractivity contribution in [1.82, 2.24) is 9.80 Å². The van der Waals surface area contributed by atoms with Gasteiger partial charge in [0.2, 0.25) is 0 Å². The van der Waals surface area contributed by atoms with Crippen LogP contribution in [0.4, 0.5) is 0 Å². The zero-order valence-corrected chi connectivity index (χ0v) is 11.9. The molecule has 1 aliphatic heterocycles. The van der Waals surface area contributed by atoms with Crippen LogP contribution in [-0.4, -0.2) is 43.1 Å². The minimum atomic E-state index is 0.683. The topological polar surface area (TPSA) is 24.9 Å². The van der Waals surface area contributed by atoms with Crippen molar-refractivity contribution in [1.29, 1.82) is 0 Å². The van der Waals surface area contributed by atoms with Gasteiger partial charge in [-0.2, -0.15) is 0 Å². The minimum absolute atomic E-state index is 0.683. The Hall–Kier alpha value is -0.740. The first-order chi connectivity index (χ1) is 8.86. The van der Waals surface area contributed by atoms with Crippen LogP contribution in [0.2, 0.25) is 0 Å². The second-order valence-corrected chi connectivity index (χ2v) is 4.75. The van der Waals surface area contributed by atoms with Crippen molar-refractivity contribution in [2.75, 3.05) is 33.3 Å². The average molecular weight is 256 g/mol. The molecule has 0 bridgehead atoms. The Morgan fingerprint density at radius 2 is 1.39 bits per heavy atom. The molecule has 18 heavy (non-hydrogen) atoms. The van der Waals surface area contributed by atoms with E-state index in [4.69, 9.17) is 9.47 Å². The Balaban J connectivity index is 1.95. The number of hydrogen-bond acceptors (Lipinski definition) is 4. The summed E-state index contributed by atoms with van der Waals surface area (Å²) < 4.78 is 11.2. The lowest BCUT2D eigenvalue weighted by Gasteiger charge is -2.21. The lowest BCUT2D eigenvalue weighted by atomic mass is 10.3. The Morgan fingerprint density at radius 3 is 1.94 bits per heavy atom. The molecule has 0 aromatic heterocycles. The molecule has 4 nitrogen and oxygen atoms in total. The molecule has 0 aromatic rings. The maximum absolute atomic E-state index is 5.62. The monoisotopic (exact) mass is 256 g/mol. The van der Waals surface area contributed by atoms with Gasteiger partial charge in [0, 0.05) is 25.6 Å². The summed E-state index contributed by atoms with van der Waals surface area (Å²) in [5.74, 6) is 0. The van der Waals surface area contributed by atoms with Crippen molar-refractivity contribution in [2.24, 2.45) is 0 Å². The molecule has 4 heteroatoms. The molecule has 0 saturated heterocycles. The van der Waals surface area contributed by atoms with Crippen LogP contribution in [0.15, 0.2) is 12.4 Å². The fourth-order valence-corrected chi connectivity index (χ4v) is 1.75. The number of hydrogen-bond donors (Lipinski definition) is 0. The highest BCUT2D eigenvalue weighted by molar-refractivity contribution is 4.88. The van der Waals surface area contributed by atoms with Gasteiger partial charge in [-0.25, -0.2) is 0 Å². The summed E-state index contributed by atoms with van der Waals surface area (Å²) in [5, 5.41) is 0. The smallest absolute Gasteiger partial charge is 0.119 e. The Labute approximate surface area is 112 Å². The van der Waals surface area contributed by atoms with E-state index in [9.17, 15) is 0 Å². The largest absolute Gasteiger partial charge is 0.361 e. The summed E-state index contributed by atoms with van der Waals surface area (Å²) in [6.45, 7) is 8.35. The predicted octanol–water partition coefficient (Wildman–Crippen LogP) is 2.97. The molecule has 0 spiro atoms. The number of ether oxygens (including phenoxy) is 2. The highest BCUT2D eigenvalue weighted by Gasteiger charge is 2.11. The molecule has 1 rings (SSSR count). The zero-order valence-electron chi connectivity index (χ0n) is 11.9. The molecule has 1 aliphatic rings. The quantitative estimate of drug-likeness (QED) is 0.531. The van der Waals surface area contributed by atoms with Crippen molar-refractivity contribution >= 4 is 0 Å². The van der Waals surface area contributed by atoms with Crippen LogP contribution in [0.1, 0.15) is 46.0 Å². The van der Waals surface area contributed by atoms with Gasteiger partial charge in [0.1, 0.15) is 13.5 Å². The number of rotatable bonds is 11. The lowest BCUT2D eigenvalue weighted by molar-refractivity contribution is 0.0101. The highest BCUT2D eigenvalue weighted by Crippen LogP contribution is 2.07. The van der Waals surface area contributed by atoms with Crippen LogP contribution in [0.5, 0.6) is 0 Å². The summed E-state index contributed by atoms with van der Waals surface area (Å²) in [6, 6.07) is 0. The third-order valence-corrected chi connectivity index (χ3v) is 2.90. The molecule has 0 amide bonds. The van der Waals surface area contributed by atoms with Gasteiger partial charge >= 0.3 is 0 Å². The lowest BCUT2D eigenvalue weighted by Crippen LogP contribution is -2.29. The van der Waals surface area contributed by atoms with Gasteiger partial charge in [0.05, 0.1) is 6.67 Å². The summed E-state index contributed by atoms with van der Waals surface area (Å²) >= 11 is 0. The first kappa shape index (κ1) is 15.3. The van der Waals surface area contributed by atoms with E-state index in [2.05, 4.69) is 36.0 Å². The van der Waals surface area contributed by atoms with Crippen LogP contribution < -0.4 is 0 Å². The van der Waals surface area contributed by atoms with E-state index in [1.165, 1.54) is 19.3 Å². The molecule has 0 fully saturated rings. The molecule has 0 atom stereocenters. The average Bonchev–Trinajstić information content (AvgIpc) is 2.82. The van der Waals surface area contributed by atoms with Gasteiger partial charge in [-0.15, -0.1) is 0 Å². The molecule has 0 aliphatic carbocycles. The van der Waals surface area contributed by atoms with Crippen molar-refractivity contribution in [3.8, 4) is 0 Å². The number of unbranched alkanes of at least 4 members (excludes halogenated alkanes) is 3. The first-order valence-electron chi connectivity index (χ1n) is 7.18. The maximum Gasteiger partial charge on any atom is 0.119 e. The van der Waals surface area contributed by atoms with Crippen LogP contribution in [0.25, 0.3) is 0 Å². The van der Waals surface area contributed by atoms with E-state index >= 15 is 0 Å². The van der Waals surface area contributed by atoms with Gasteiger partial charge in [-0.3, -0.25) is 0 Å². The van der Waals surface area contributed by atoms with E-state index < -0.39 is 0 Å². The van der Waals surface area contributed by atoms with Crippen molar-refractivity contribution < 1.29 is 9.47 Å². The molecular weight excluding hydrogens is 228 g/mol. The Bertz CT molecular complexity index is 222. The minimum Gasteiger partial charge on any atom is -0.361 e. The number of nitrogens with zero attached hydrogens (tertiary/aromatic N) is 2.